The monoisotopic (exact) mass is 295 g/mol. The molecular weight excluding hydrogens is 278 g/mol. The van der Waals surface area contributed by atoms with Gasteiger partial charge in [0.2, 0.25) is 0 Å². The predicted octanol–water partition coefficient (Wildman–Crippen LogP) is 1.84. The molecule has 1 aliphatic rings. The van der Waals surface area contributed by atoms with E-state index in [9.17, 15) is 4.79 Å². The third-order valence-electron chi connectivity index (χ3n) is 4.19. The number of rotatable bonds is 2. The lowest BCUT2D eigenvalue weighted by molar-refractivity contribution is 0.0497. The highest BCUT2D eigenvalue weighted by molar-refractivity contribution is 5.95. The first-order chi connectivity index (χ1) is 10.6. The minimum absolute atomic E-state index is 0.0708. The Morgan fingerprint density at radius 1 is 1.23 bits per heavy atom. The van der Waals surface area contributed by atoms with Gasteiger partial charge in [0, 0.05) is 36.7 Å². The van der Waals surface area contributed by atoms with E-state index < -0.39 is 0 Å². The van der Waals surface area contributed by atoms with Crippen molar-refractivity contribution in [3.63, 3.8) is 0 Å². The van der Waals surface area contributed by atoms with Crippen LogP contribution in [-0.2, 0) is 0 Å². The summed E-state index contributed by atoms with van der Waals surface area (Å²) in [4.78, 5) is 14.4. The second-order valence-electron chi connectivity index (χ2n) is 5.85. The first-order valence-electron chi connectivity index (χ1n) is 7.37. The molecule has 22 heavy (non-hydrogen) atoms. The van der Waals surface area contributed by atoms with Crippen LogP contribution >= 0.6 is 0 Å². The van der Waals surface area contributed by atoms with E-state index in [1.54, 1.807) is 10.7 Å². The quantitative estimate of drug-likeness (QED) is 0.725. The maximum atomic E-state index is 12.5. The lowest BCUT2D eigenvalue weighted by Crippen LogP contribution is -2.51. The van der Waals surface area contributed by atoms with E-state index in [0.717, 1.165) is 16.9 Å². The molecule has 1 saturated heterocycles. The van der Waals surface area contributed by atoms with Crippen LogP contribution in [0.15, 0.2) is 36.7 Å². The molecule has 0 atom stereocenters. The average Bonchev–Trinajstić information content (AvgIpc) is 3.03. The van der Waals surface area contributed by atoms with E-state index in [1.165, 1.54) is 0 Å². The smallest absolute Gasteiger partial charge is 0.254 e. The van der Waals surface area contributed by atoms with Gasteiger partial charge in [-0.3, -0.25) is 9.48 Å². The molecule has 1 fully saturated rings. The number of fused-ring (bicyclic) bond motifs is 1. The molecular formula is C16H17N5O. The summed E-state index contributed by atoms with van der Waals surface area (Å²) in [5.41, 5.74) is 3.81. The van der Waals surface area contributed by atoms with Crippen molar-refractivity contribution < 1.29 is 4.79 Å². The summed E-state index contributed by atoms with van der Waals surface area (Å²) in [6, 6.07) is 7.95. The molecule has 0 saturated carbocycles. The molecule has 4 heterocycles. The van der Waals surface area contributed by atoms with Crippen molar-refractivity contribution in [2.45, 2.75) is 19.9 Å². The first kappa shape index (κ1) is 13.1. The maximum Gasteiger partial charge on any atom is 0.254 e. The average molecular weight is 295 g/mol. The van der Waals surface area contributed by atoms with E-state index in [0.29, 0.717) is 18.7 Å². The molecule has 3 aromatic heterocycles. The summed E-state index contributed by atoms with van der Waals surface area (Å²) >= 11 is 0. The highest BCUT2D eigenvalue weighted by Crippen LogP contribution is 2.24. The fourth-order valence-corrected chi connectivity index (χ4v) is 3.03. The summed E-state index contributed by atoms with van der Waals surface area (Å²) in [5, 5.41) is 8.64. The Morgan fingerprint density at radius 2 is 2.05 bits per heavy atom. The van der Waals surface area contributed by atoms with E-state index in [1.807, 2.05) is 40.9 Å². The second kappa shape index (κ2) is 4.69. The van der Waals surface area contributed by atoms with Gasteiger partial charge >= 0.3 is 0 Å². The van der Waals surface area contributed by atoms with Crippen molar-refractivity contribution in [2.75, 3.05) is 13.1 Å². The molecule has 3 aromatic rings. The normalized spacial score (nSPS) is 15.3. The van der Waals surface area contributed by atoms with Crippen LogP contribution in [0.2, 0.25) is 0 Å². The van der Waals surface area contributed by atoms with Crippen LogP contribution in [0.4, 0.5) is 0 Å². The van der Waals surface area contributed by atoms with Gasteiger partial charge in [0.1, 0.15) is 0 Å². The van der Waals surface area contributed by atoms with Gasteiger partial charge < -0.3 is 4.90 Å². The fraction of sp³-hybridized carbons (Fsp3) is 0.312. The van der Waals surface area contributed by atoms with Gasteiger partial charge in [-0.2, -0.15) is 10.2 Å². The topological polar surface area (TPSA) is 55.4 Å². The zero-order valence-corrected chi connectivity index (χ0v) is 12.6. The molecule has 0 aromatic carbocycles. The van der Waals surface area contributed by atoms with E-state index in [4.69, 9.17) is 0 Å². The molecule has 1 aliphatic heterocycles. The van der Waals surface area contributed by atoms with Crippen LogP contribution in [-0.4, -0.2) is 43.3 Å². The standard InChI is InChI=1S/C16H17N5O/c1-11-7-12(2)21(18-11)15-9-19(10-15)16(22)13-4-6-20-14(8-13)3-5-17-20/h3-8,15H,9-10H2,1-2H3. The molecule has 0 bridgehead atoms. The Bertz CT molecular complexity index is 856. The summed E-state index contributed by atoms with van der Waals surface area (Å²) in [6.45, 7) is 5.47. The minimum Gasteiger partial charge on any atom is -0.334 e. The molecule has 6 heteroatoms. The Hall–Kier alpha value is -2.63. The van der Waals surface area contributed by atoms with E-state index >= 15 is 0 Å². The van der Waals surface area contributed by atoms with Crippen molar-refractivity contribution in [3.05, 3.63) is 53.6 Å². The number of carbonyl (C=O) groups excluding carboxylic acids is 1. The highest BCUT2D eigenvalue weighted by Gasteiger charge is 2.33. The molecule has 6 nitrogen and oxygen atoms in total. The predicted molar refractivity (Wildman–Crippen MR) is 81.8 cm³/mol. The molecule has 0 spiro atoms. The van der Waals surface area contributed by atoms with Crippen molar-refractivity contribution >= 4 is 11.4 Å². The van der Waals surface area contributed by atoms with Crippen molar-refractivity contribution in [3.8, 4) is 0 Å². The lowest BCUT2D eigenvalue weighted by Gasteiger charge is -2.39. The van der Waals surface area contributed by atoms with Crippen LogP contribution in [0.25, 0.3) is 5.52 Å². The third kappa shape index (κ3) is 1.99. The second-order valence-corrected chi connectivity index (χ2v) is 5.85. The minimum atomic E-state index is 0.0708. The van der Waals surface area contributed by atoms with Gasteiger partial charge in [0.05, 0.1) is 17.3 Å². The Balaban J connectivity index is 1.50. The number of aromatic nitrogens is 4. The Morgan fingerprint density at radius 3 is 2.77 bits per heavy atom. The largest absolute Gasteiger partial charge is 0.334 e. The SMILES string of the molecule is Cc1cc(C)n(C2CN(C(=O)c3ccn4nccc4c3)C2)n1. The number of hydrogen-bond donors (Lipinski definition) is 0. The number of amides is 1. The van der Waals surface area contributed by atoms with Gasteiger partial charge in [-0.15, -0.1) is 0 Å². The van der Waals surface area contributed by atoms with Gasteiger partial charge in [0.15, 0.2) is 0 Å². The van der Waals surface area contributed by atoms with Crippen molar-refractivity contribution in [1.29, 1.82) is 0 Å². The van der Waals surface area contributed by atoms with Gasteiger partial charge in [0.25, 0.3) is 5.91 Å². The number of hydrogen-bond acceptors (Lipinski definition) is 3. The van der Waals surface area contributed by atoms with Crippen LogP contribution in [0.1, 0.15) is 27.8 Å². The number of likely N-dealkylation sites (tertiary alicyclic amines) is 1. The Labute approximate surface area is 128 Å². The number of pyridine rings is 1. The van der Waals surface area contributed by atoms with Crippen LogP contribution in [0, 0.1) is 13.8 Å². The summed E-state index contributed by atoms with van der Waals surface area (Å²) in [7, 11) is 0. The highest BCUT2D eigenvalue weighted by atomic mass is 16.2. The van der Waals surface area contributed by atoms with Crippen LogP contribution in [0.3, 0.4) is 0 Å². The van der Waals surface area contributed by atoms with Crippen LogP contribution < -0.4 is 0 Å². The van der Waals surface area contributed by atoms with E-state index in [2.05, 4.69) is 23.2 Å². The summed E-state index contributed by atoms with van der Waals surface area (Å²) < 4.78 is 3.78. The summed E-state index contributed by atoms with van der Waals surface area (Å²) in [5.74, 6) is 0.0708. The summed E-state index contributed by atoms with van der Waals surface area (Å²) in [6.07, 6.45) is 3.55. The van der Waals surface area contributed by atoms with Crippen molar-refractivity contribution in [2.24, 2.45) is 0 Å². The zero-order chi connectivity index (χ0) is 15.3. The lowest BCUT2D eigenvalue weighted by atomic mass is 10.1. The molecule has 4 rings (SSSR count). The molecule has 0 N–H and O–H groups in total. The number of nitrogens with zero attached hydrogens (tertiary/aromatic N) is 5. The number of carbonyl (C=O) groups is 1. The molecule has 0 unspecified atom stereocenters. The van der Waals surface area contributed by atoms with Crippen molar-refractivity contribution in [1.82, 2.24) is 24.3 Å². The molecule has 0 radical (unpaired) electrons. The molecule has 1 amide bonds. The third-order valence-corrected chi connectivity index (χ3v) is 4.19. The zero-order valence-electron chi connectivity index (χ0n) is 12.6. The maximum absolute atomic E-state index is 12.5. The van der Waals surface area contributed by atoms with E-state index in [-0.39, 0.29) is 11.9 Å². The first-order valence-corrected chi connectivity index (χ1v) is 7.37. The number of aryl methyl sites for hydroxylation is 2. The molecule has 0 aliphatic carbocycles. The van der Waals surface area contributed by atoms with Crippen LogP contribution in [0.5, 0.6) is 0 Å². The fourth-order valence-electron chi connectivity index (χ4n) is 3.03. The Kier molecular flexibility index (Phi) is 2.79. The van der Waals surface area contributed by atoms with Gasteiger partial charge in [-0.1, -0.05) is 0 Å². The van der Waals surface area contributed by atoms with Gasteiger partial charge in [-0.25, -0.2) is 4.52 Å². The molecule has 112 valence electrons. The van der Waals surface area contributed by atoms with Gasteiger partial charge in [-0.05, 0) is 38.1 Å².